The van der Waals surface area contributed by atoms with Crippen LogP contribution in [0.3, 0.4) is 0 Å². The molecule has 0 aliphatic rings. The topological polar surface area (TPSA) is 47.0 Å². The predicted molar refractivity (Wildman–Crippen MR) is 77.1 cm³/mol. The minimum atomic E-state index is 0.0365. The third-order valence-electron chi connectivity index (χ3n) is 2.63. The van der Waals surface area contributed by atoms with Gasteiger partial charge in [-0.2, -0.15) is 4.98 Å². The molecule has 0 aliphatic heterocycles. The van der Waals surface area contributed by atoms with Crippen molar-refractivity contribution in [3.05, 3.63) is 46.1 Å². The van der Waals surface area contributed by atoms with Crippen LogP contribution in [0.4, 0.5) is 5.82 Å². The third kappa shape index (κ3) is 3.49. The molecule has 0 bridgehead atoms. The lowest BCUT2D eigenvalue weighted by molar-refractivity contribution is 0.380. The lowest BCUT2D eigenvalue weighted by Crippen LogP contribution is -2.09. The molecule has 1 heterocycles. The van der Waals surface area contributed by atoms with Crippen molar-refractivity contribution in [3.8, 4) is 6.01 Å². The number of nitrogens with one attached hydrogen (secondary N) is 1. The van der Waals surface area contributed by atoms with Gasteiger partial charge in [-0.3, -0.25) is 0 Å². The number of anilines is 1. The molecule has 0 radical (unpaired) electrons. The zero-order valence-electron chi connectivity index (χ0n) is 10.5. The molecule has 1 unspecified atom stereocenters. The van der Waals surface area contributed by atoms with Crippen molar-refractivity contribution in [1.29, 1.82) is 0 Å². The number of hydrogen-bond donors (Lipinski definition) is 1. The first-order valence-electron chi connectivity index (χ1n) is 5.68. The van der Waals surface area contributed by atoms with Gasteiger partial charge in [0.25, 0.3) is 0 Å². The van der Waals surface area contributed by atoms with Gasteiger partial charge in [0.1, 0.15) is 5.02 Å². The average Bonchev–Trinajstić information content (AvgIpc) is 2.42. The molecule has 1 aromatic carbocycles. The first-order valence-corrected chi connectivity index (χ1v) is 6.44. The molecule has 0 amide bonds. The van der Waals surface area contributed by atoms with Gasteiger partial charge in [0.2, 0.25) is 0 Å². The van der Waals surface area contributed by atoms with Gasteiger partial charge in [0.15, 0.2) is 5.82 Å². The summed E-state index contributed by atoms with van der Waals surface area (Å²) in [6.07, 6.45) is 1.50. The lowest BCUT2D eigenvalue weighted by Gasteiger charge is -2.16. The van der Waals surface area contributed by atoms with Crippen LogP contribution < -0.4 is 10.1 Å². The van der Waals surface area contributed by atoms with Crippen molar-refractivity contribution in [2.75, 3.05) is 12.4 Å². The Morgan fingerprint density at radius 2 is 1.89 bits per heavy atom. The third-order valence-corrected chi connectivity index (χ3v) is 3.16. The van der Waals surface area contributed by atoms with Crippen molar-refractivity contribution in [3.63, 3.8) is 0 Å². The summed E-state index contributed by atoms with van der Waals surface area (Å²) in [6.45, 7) is 2.01. The maximum Gasteiger partial charge on any atom is 0.318 e. The Labute approximate surface area is 121 Å². The van der Waals surface area contributed by atoms with Crippen molar-refractivity contribution >= 4 is 29.0 Å². The summed E-state index contributed by atoms with van der Waals surface area (Å²) >= 11 is 11.9. The molecule has 19 heavy (non-hydrogen) atoms. The van der Waals surface area contributed by atoms with Gasteiger partial charge in [0, 0.05) is 11.1 Å². The van der Waals surface area contributed by atoms with Crippen molar-refractivity contribution in [2.24, 2.45) is 0 Å². The Morgan fingerprint density at radius 3 is 2.53 bits per heavy atom. The number of methoxy groups -OCH3 is 1. The summed E-state index contributed by atoms with van der Waals surface area (Å²) in [5, 5.41) is 4.37. The predicted octanol–water partition coefficient (Wildman–Crippen LogP) is 3.97. The molecule has 1 aromatic heterocycles. The molecule has 1 N–H and O–H groups in total. The number of halogens is 2. The first-order chi connectivity index (χ1) is 9.10. The lowest BCUT2D eigenvalue weighted by atomic mass is 10.1. The average molecular weight is 298 g/mol. The van der Waals surface area contributed by atoms with E-state index in [2.05, 4.69) is 15.3 Å². The second-order valence-electron chi connectivity index (χ2n) is 3.97. The number of ether oxygens (including phenoxy) is 1. The normalized spacial score (nSPS) is 12.0. The van der Waals surface area contributed by atoms with E-state index < -0.39 is 0 Å². The number of nitrogens with zero attached hydrogens (tertiary/aromatic N) is 2. The molecule has 2 rings (SSSR count). The van der Waals surface area contributed by atoms with E-state index in [0.717, 1.165) is 5.56 Å². The van der Waals surface area contributed by atoms with Gasteiger partial charge < -0.3 is 10.1 Å². The minimum absolute atomic E-state index is 0.0365. The Hall–Kier alpha value is -1.52. The van der Waals surface area contributed by atoms with E-state index in [1.807, 2.05) is 31.2 Å². The van der Waals surface area contributed by atoms with Gasteiger partial charge in [-0.1, -0.05) is 35.3 Å². The van der Waals surface area contributed by atoms with Crippen LogP contribution in [0.2, 0.25) is 10.0 Å². The highest BCUT2D eigenvalue weighted by Crippen LogP contribution is 2.25. The fourth-order valence-electron chi connectivity index (χ4n) is 1.59. The first kappa shape index (κ1) is 13.9. The zero-order chi connectivity index (χ0) is 13.8. The van der Waals surface area contributed by atoms with Gasteiger partial charge in [0.05, 0.1) is 13.3 Å². The van der Waals surface area contributed by atoms with Crippen molar-refractivity contribution < 1.29 is 4.74 Å². The molecular weight excluding hydrogens is 285 g/mol. The standard InChI is InChI=1S/C13H13Cl2N3O/c1-8(9-3-5-10(14)6-4-9)17-12-11(15)7-16-13(18-12)19-2/h3-8H,1-2H3,(H,16,17,18). The molecular formula is C13H13Cl2N3O. The van der Waals surface area contributed by atoms with E-state index in [0.29, 0.717) is 15.9 Å². The van der Waals surface area contributed by atoms with Crippen molar-refractivity contribution in [1.82, 2.24) is 9.97 Å². The molecule has 4 nitrogen and oxygen atoms in total. The smallest absolute Gasteiger partial charge is 0.318 e. The monoisotopic (exact) mass is 297 g/mol. The number of benzene rings is 1. The summed E-state index contributed by atoms with van der Waals surface area (Å²) in [7, 11) is 1.51. The second-order valence-corrected chi connectivity index (χ2v) is 4.81. The van der Waals surface area contributed by atoms with Gasteiger partial charge in [-0.25, -0.2) is 4.98 Å². The zero-order valence-corrected chi connectivity index (χ0v) is 12.0. The molecule has 0 aliphatic carbocycles. The van der Waals surface area contributed by atoms with E-state index in [4.69, 9.17) is 27.9 Å². The van der Waals surface area contributed by atoms with Crippen LogP contribution in [0.25, 0.3) is 0 Å². The van der Waals surface area contributed by atoms with Crippen LogP contribution >= 0.6 is 23.2 Å². The van der Waals surface area contributed by atoms with E-state index >= 15 is 0 Å². The fourth-order valence-corrected chi connectivity index (χ4v) is 1.86. The molecule has 1 atom stereocenters. The fraction of sp³-hybridized carbons (Fsp3) is 0.231. The van der Waals surface area contributed by atoms with Gasteiger partial charge in [-0.15, -0.1) is 0 Å². The highest BCUT2D eigenvalue weighted by atomic mass is 35.5. The van der Waals surface area contributed by atoms with E-state index in [9.17, 15) is 0 Å². The Kier molecular flexibility index (Phi) is 4.45. The number of rotatable bonds is 4. The molecule has 0 saturated carbocycles. The van der Waals surface area contributed by atoms with Gasteiger partial charge in [-0.05, 0) is 24.6 Å². The largest absolute Gasteiger partial charge is 0.467 e. The molecule has 0 fully saturated rings. The minimum Gasteiger partial charge on any atom is -0.467 e. The molecule has 0 spiro atoms. The Morgan fingerprint density at radius 1 is 1.21 bits per heavy atom. The van der Waals surface area contributed by atoms with Crippen LogP contribution in [0.1, 0.15) is 18.5 Å². The van der Waals surface area contributed by atoms with Crippen molar-refractivity contribution in [2.45, 2.75) is 13.0 Å². The summed E-state index contributed by atoms with van der Waals surface area (Å²) in [5.74, 6) is 0.538. The van der Waals surface area contributed by atoms with Crippen LogP contribution in [-0.4, -0.2) is 17.1 Å². The van der Waals surface area contributed by atoms with E-state index in [1.54, 1.807) is 0 Å². The summed E-state index contributed by atoms with van der Waals surface area (Å²) < 4.78 is 4.97. The van der Waals surface area contributed by atoms with Crippen LogP contribution in [0.15, 0.2) is 30.5 Å². The van der Waals surface area contributed by atoms with Crippen LogP contribution in [0, 0.1) is 0 Å². The SMILES string of the molecule is COc1ncc(Cl)c(NC(C)c2ccc(Cl)cc2)n1. The Bertz CT molecular complexity index is 560. The number of hydrogen-bond acceptors (Lipinski definition) is 4. The van der Waals surface area contributed by atoms with E-state index in [-0.39, 0.29) is 12.1 Å². The molecule has 6 heteroatoms. The highest BCUT2D eigenvalue weighted by molar-refractivity contribution is 6.32. The van der Waals surface area contributed by atoms with Gasteiger partial charge >= 0.3 is 6.01 Å². The van der Waals surface area contributed by atoms with Crippen LogP contribution in [-0.2, 0) is 0 Å². The highest BCUT2D eigenvalue weighted by Gasteiger charge is 2.10. The maximum atomic E-state index is 6.05. The molecule has 100 valence electrons. The Balaban J connectivity index is 2.18. The number of aromatic nitrogens is 2. The summed E-state index contributed by atoms with van der Waals surface area (Å²) in [5.41, 5.74) is 1.08. The van der Waals surface area contributed by atoms with Crippen LogP contribution in [0.5, 0.6) is 6.01 Å². The van der Waals surface area contributed by atoms with E-state index in [1.165, 1.54) is 13.3 Å². The molecule has 2 aromatic rings. The molecule has 0 saturated heterocycles. The summed E-state index contributed by atoms with van der Waals surface area (Å²) in [6, 6.07) is 7.90. The quantitative estimate of drug-likeness (QED) is 0.928. The summed E-state index contributed by atoms with van der Waals surface area (Å²) in [4.78, 5) is 8.10. The second kappa shape index (κ2) is 6.08. The maximum absolute atomic E-state index is 6.05.